The molecule has 0 aliphatic heterocycles. The molecular weight excluding hydrogens is 309 g/mol. The molecule has 2 nitrogen and oxygen atoms in total. The number of rotatable bonds is 2. The Balaban J connectivity index is 2.24. The number of halogens is 2. The van der Waals surface area contributed by atoms with Crippen LogP contribution < -0.4 is 5.32 Å². The SMILES string of the molecule is Cc1c(Br)ccc(NC(=O)c2ccc(F)cc2)c1C. The number of hydrogen-bond acceptors (Lipinski definition) is 1. The van der Waals surface area contributed by atoms with Crippen molar-refractivity contribution in [3.8, 4) is 0 Å². The average Bonchev–Trinajstić information content (AvgIpc) is 2.40. The second-order valence-electron chi connectivity index (χ2n) is 4.31. The van der Waals surface area contributed by atoms with Crippen molar-refractivity contribution in [1.82, 2.24) is 0 Å². The zero-order valence-corrected chi connectivity index (χ0v) is 12.2. The van der Waals surface area contributed by atoms with E-state index in [9.17, 15) is 9.18 Å². The first-order valence-corrected chi connectivity index (χ1v) is 6.61. The number of amides is 1. The van der Waals surface area contributed by atoms with Crippen LogP contribution in [0.1, 0.15) is 21.5 Å². The smallest absolute Gasteiger partial charge is 0.255 e. The van der Waals surface area contributed by atoms with Gasteiger partial charge in [-0.3, -0.25) is 4.79 Å². The van der Waals surface area contributed by atoms with E-state index in [4.69, 9.17) is 0 Å². The van der Waals surface area contributed by atoms with Gasteiger partial charge < -0.3 is 5.32 Å². The quantitative estimate of drug-likeness (QED) is 0.869. The Morgan fingerprint density at radius 3 is 2.32 bits per heavy atom. The first-order chi connectivity index (χ1) is 8.99. The minimum Gasteiger partial charge on any atom is -0.322 e. The molecular formula is C15H13BrFNO. The molecule has 19 heavy (non-hydrogen) atoms. The summed E-state index contributed by atoms with van der Waals surface area (Å²) < 4.78 is 13.8. The normalized spacial score (nSPS) is 10.3. The van der Waals surface area contributed by atoms with Gasteiger partial charge in [-0.25, -0.2) is 4.39 Å². The van der Waals surface area contributed by atoms with Gasteiger partial charge in [-0.1, -0.05) is 15.9 Å². The maximum Gasteiger partial charge on any atom is 0.255 e. The van der Waals surface area contributed by atoms with Crippen LogP contribution >= 0.6 is 15.9 Å². The summed E-state index contributed by atoms with van der Waals surface area (Å²) in [6, 6.07) is 9.21. The van der Waals surface area contributed by atoms with Crippen molar-refractivity contribution in [2.45, 2.75) is 13.8 Å². The summed E-state index contributed by atoms with van der Waals surface area (Å²) in [5, 5.41) is 2.83. The van der Waals surface area contributed by atoms with E-state index in [1.807, 2.05) is 26.0 Å². The Labute approximate surface area is 119 Å². The second-order valence-corrected chi connectivity index (χ2v) is 5.16. The Hall–Kier alpha value is -1.68. The summed E-state index contributed by atoms with van der Waals surface area (Å²) in [5.74, 6) is -0.600. The fraction of sp³-hybridized carbons (Fsp3) is 0.133. The van der Waals surface area contributed by atoms with Gasteiger partial charge in [0.05, 0.1) is 0 Å². The summed E-state index contributed by atoms with van der Waals surface area (Å²) in [6.45, 7) is 3.92. The highest BCUT2D eigenvalue weighted by Crippen LogP contribution is 2.26. The molecule has 0 aromatic heterocycles. The van der Waals surface area contributed by atoms with E-state index in [-0.39, 0.29) is 11.7 Å². The molecule has 98 valence electrons. The second kappa shape index (κ2) is 5.53. The molecule has 0 atom stereocenters. The lowest BCUT2D eigenvalue weighted by molar-refractivity contribution is 0.102. The van der Waals surface area contributed by atoms with Gasteiger partial charge in [-0.05, 0) is 61.4 Å². The van der Waals surface area contributed by atoms with Gasteiger partial charge in [-0.15, -0.1) is 0 Å². The summed E-state index contributed by atoms with van der Waals surface area (Å²) in [7, 11) is 0. The fourth-order valence-corrected chi connectivity index (χ4v) is 2.15. The van der Waals surface area contributed by atoms with Gasteiger partial charge in [0.15, 0.2) is 0 Å². The van der Waals surface area contributed by atoms with Crippen LogP contribution in [-0.2, 0) is 0 Å². The van der Waals surface area contributed by atoms with Gasteiger partial charge >= 0.3 is 0 Å². The van der Waals surface area contributed by atoms with Crippen LogP contribution in [0.2, 0.25) is 0 Å². The highest BCUT2D eigenvalue weighted by atomic mass is 79.9. The van der Waals surface area contributed by atoms with Crippen LogP contribution in [0.5, 0.6) is 0 Å². The molecule has 0 unspecified atom stereocenters. The van der Waals surface area contributed by atoms with E-state index in [0.717, 1.165) is 21.3 Å². The van der Waals surface area contributed by atoms with E-state index in [0.29, 0.717) is 5.56 Å². The van der Waals surface area contributed by atoms with Gasteiger partial charge in [-0.2, -0.15) is 0 Å². The molecule has 0 spiro atoms. The van der Waals surface area contributed by atoms with E-state index in [2.05, 4.69) is 21.2 Å². The Morgan fingerprint density at radius 2 is 1.68 bits per heavy atom. The van der Waals surface area contributed by atoms with Crippen LogP contribution in [0.25, 0.3) is 0 Å². The maximum atomic E-state index is 12.8. The first-order valence-electron chi connectivity index (χ1n) is 5.81. The van der Waals surface area contributed by atoms with Crippen molar-refractivity contribution in [3.63, 3.8) is 0 Å². The molecule has 2 rings (SSSR count). The molecule has 2 aromatic rings. The minimum absolute atomic E-state index is 0.246. The van der Waals surface area contributed by atoms with Crippen molar-refractivity contribution in [1.29, 1.82) is 0 Å². The summed E-state index contributed by atoms with van der Waals surface area (Å²) in [6.07, 6.45) is 0. The average molecular weight is 322 g/mol. The van der Waals surface area contributed by atoms with Gasteiger partial charge in [0.25, 0.3) is 5.91 Å². The highest BCUT2D eigenvalue weighted by molar-refractivity contribution is 9.10. The molecule has 0 heterocycles. The third-order valence-corrected chi connectivity index (χ3v) is 3.93. The maximum absolute atomic E-state index is 12.8. The number of carbonyl (C=O) groups excluding carboxylic acids is 1. The Morgan fingerprint density at radius 1 is 1.05 bits per heavy atom. The van der Waals surface area contributed by atoms with Crippen LogP contribution in [0.3, 0.4) is 0 Å². The van der Waals surface area contributed by atoms with Crippen LogP contribution in [0.15, 0.2) is 40.9 Å². The molecule has 0 bridgehead atoms. The predicted octanol–water partition coefficient (Wildman–Crippen LogP) is 4.46. The minimum atomic E-state index is -0.354. The van der Waals surface area contributed by atoms with Gasteiger partial charge in [0.2, 0.25) is 0 Å². The molecule has 0 fully saturated rings. The summed E-state index contributed by atoms with van der Waals surface area (Å²) in [5.41, 5.74) is 3.28. The lowest BCUT2D eigenvalue weighted by Crippen LogP contribution is -2.13. The molecule has 0 aliphatic carbocycles. The zero-order valence-electron chi connectivity index (χ0n) is 10.6. The van der Waals surface area contributed by atoms with E-state index >= 15 is 0 Å². The van der Waals surface area contributed by atoms with E-state index in [1.165, 1.54) is 24.3 Å². The molecule has 0 saturated carbocycles. The third-order valence-electron chi connectivity index (χ3n) is 3.08. The molecule has 0 aliphatic rings. The van der Waals surface area contributed by atoms with E-state index in [1.54, 1.807) is 0 Å². The van der Waals surface area contributed by atoms with Crippen LogP contribution in [0, 0.1) is 19.7 Å². The van der Waals surface area contributed by atoms with Crippen molar-refractivity contribution in [3.05, 3.63) is 63.4 Å². The van der Waals surface area contributed by atoms with Crippen molar-refractivity contribution < 1.29 is 9.18 Å². The number of nitrogens with one attached hydrogen (secondary N) is 1. The van der Waals surface area contributed by atoms with E-state index < -0.39 is 0 Å². The van der Waals surface area contributed by atoms with Crippen molar-refractivity contribution in [2.75, 3.05) is 5.32 Å². The molecule has 1 N–H and O–H groups in total. The van der Waals surface area contributed by atoms with Crippen LogP contribution in [-0.4, -0.2) is 5.91 Å². The number of carbonyl (C=O) groups is 1. The Kier molecular flexibility index (Phi) is 4.00. The number of benzene rings is 2. The molecule has 4 heteroatoms. The topological polar surface area (TPSA) is 29.1 Å². The Bertz CT molecular complexity index is 623. The van der Waals surface area contributed by atoms with Crippen LogP contribution in [0.4, 0.5) is 10.1 Å². The fourth-order valence-electron chi connectivity index (χ4n) is 1.72. The molecule has 0 saturated heterocycles. The standard InChI is InChI=1S/C15H13BrFNO/c1-9-10(2)14(8-7-13(9)16)18-15(19)11-3-5-12(17)6-4-11/h3-8H,1-2H3,(H,18,19). The predicted molar refractivity (Wildman–Crippen MR) is 78.0 cm³/mol. The summed E-state index contributed by atoms with van der Waals surface area (Å²) in [4.78, 5) is 12.0. The number of hydrogen-bond donors (Lipinski definition) is 1. The third kappa shape index (κ3) is 3.01. The van der Waals surface area contributed by atoms with Crippen molar-refractivity contribution >= 4 is 27.5 Å². The highest BCUT2D eigenvalue weighted by Gasteiger charge is 2.10. The first kappa shape index (κ1) is 13.7. The van der Waals surface area contributed by atoms with Gasteiger partial charge in [0, 0.05) is 15.7 Å². The monoisotopic (exact) mass is 321 g/mol. The molecule has 2 aromatic carbocycles. The lowest BCUT2D eigenvalue weighted by atomic mass is 10.1. The lowest BCUT2D eigenvalue weighted by Gasteiger charge is -2.11. The summed E-state index contributed by atoms with van der Waals surface area (Å²) >= 11 is 3.44. The number of anilines is 1. The largest absolute Gasteiger partial charge is 0.322 e. The molecule has 0 radical (unpaired) electrons. The van der Waals surface area contributed by atoms with Gasteiger partial charge in [0.1, 0.15) is 5.82 Å². The molecule has 1 amide bonds. The zero-order chi connectivity index (χ0) is 14.0. The van der Waals surface area contributed by atoms with Crippen molar-refractivity contribution in [2.24, 2.45) is 0 Å².